The van der Waals surface area contributed by atoms with E-state index in [9.17, 15) is 9.90 Å². The molecular formula is C19H20O6. The second-order valence-electron chi connectivity index (χ2n) is 5.69. The summed E-state index contributed by atoms with van der Waals surface area (Å²) < 4.78 is 21.6. The van der Waals surface area contributed by atoms with Crippen molar-refractivity contribution in [3.05, 3.63) is 47.5 Å². The number of carboxylic acids is 1. The molecule has 0 spiro atoms. The van der Waals surface area contributed by atoms with Crippen LogP contribution in [0.15, 0.2) is 36.4 Å². The van der Waals surface area contributed by atoms with Crippen LogP contribution < -0.4 is 18.9 Å². The van der Waals surface area contributed by atoms with Crippen molar-refractivity contribution in [2.24, 2.45) is 0 Å². The van der Waals surface area contributed by atoms with E-state index in [1.54, 1.807) is 25.3 Å². The first kappa shape index (κ1) is 17.0. The van der Waals surface area contributed by atoms with Crippen molar-refractivity contribution < 1.29 is 28.8 Å². The van der Waals surface area contributed by atoms with Crippen LogP contribution in [0.1, 0.15) is 17.0 Å². The number of hydrogen-bond acceptors (Lipinski definition) is 5. The molecule has 2 aromatic rings. The highest BCUT2D eigenvalue weighted by molar-refractivity contribution is 5.77. The lowest BCUT2D eigenvalue weighted by atomic mass is 9.91. The topological polar surface area (TPSA) is 74.2 Å². The molecular weight excluding hydrogens is 324 g/mol. The Bertz CT molecular complexity index is 771. The molecule has 1 N–H and O–H groups in total. The molecule has 0 saturated heterocycles. The maximum absolute atomic E-state index is 11.8. The number of carbonyl (C=O) groups is 1. The maximum atomic E-state index is 11.8. The van der Waals surface area contributed by atoms with E-state index in [-0.39, 0.29) is 0 Å². The molecule has 1 heterocycles. The summed E-state index contributed by atoms with van der Waals surface area (Å²) in [5, 5.41) is 9.69. The predicted molar refractivity (Wildman–Crippen MR) is 91.1 cm³/mol. The molecule has 2 aromatic carbocycles. The Kier molecular flexibility index (Phi) is 4.97. The third-order valence-electron chi connectivity index (χ3n) is 4.15. The van der Waals surface area contributed by atoms with E-state index in [0.717, 1.165) is 5.56 Å². The summed E-state index contributed by atoms with van der Waals surface area (Å²) in [5.41, 5.74) is 1.52. The minimum absolute atomic E-state index is 0.335. The number of methoxy groups -OCH3 is 2. The van der Waals surface area contributed by atoms with Crippen LogP contribution in [-0.4, -0.2) is 38.5 Å². The SMILES string of the molecule is COc1ccc(C(Cc2ccc3c(c2)OCCO3)C(=O)O)cc1OC. The van der Waals surface area contributed by atoms with Gasteiger partial charge in [-0.25, -0.2) is 0 Å². The fourth-order valence-corrected chi connectivity index (χ4v) is 2.87. The van der Waals surface area contributed by atoms with Crippen molar-refractivity contribution in [2.75, 3.05) is 27.4 Å². The van der Waals surface area contributed by atoms with E-state index in [1.165, 1.54) is 7.11 Å². The van der Waals surface area contributed by atoms with E-state index in [2.05, 4.69) is 0 Å². The van der Waals surface area contributed by atoms with Crippen molar-refractivity contribution in [3.63, 3.8) is 0 Å². The van der Waals surface area contributed by atoms with E-state index in [1.807, 2.05) is 18.2 Å². The Labute approximate surface area is 145 Å². The van der Waals surface area contributed by atoms with Gasteiger partial charge >= 0.3 is 5.97 Å². The third kappa shape index (κ3) is 3.63. The van der Waals surface area contributed by atoms with Gasteiger partial charge in [0, 0.05) is 0 Å². The van der Waals surface area contributed by atoms with Crippen LogP contribution in [0.2, 0.25) is 0 Å². The van der Waals surface area contributed by atoms with E-state index in [4.69, 9.17) is 18.9 Å². The number of aliphatic carboxylic acids is 1. The summed E-state index contributed by atoms with van der Waals surface area (Å²) >= 11 is 0. The van der Waals surface area contributed by atoms with Gasteiger partial charge in [-0.15, -0.1) is 0 Å². The maximum Gasteiger partial charge on any atom is 0.311 e. The highest BCUT2D eigenvalue weighted by atomic mass is 16.6. The van der Waals surface area contributed by atoms with Gasteiger partial charge in [-0.05, 0) is 41.8 Å². The Morgan fingerprint density at radius 1 is 1.04 bits per heavy atom. The number of hydrogen-bond donors (Lipinski definition) is 1. The average Bonchev–Trinajstić information content (AvgIpc) is 2.65. The first-order valence-electron chi connectivity index (χ1n) is 7.95. The molecule has 0 aromatic heterocycles. The van der Waals surface area contributed by atoms with Crippen LogP contribution in [0.5, 0.6) is 23.0 Å². The van der Waals surface area contributed by atoms with Crippen LogP contribution in [0.4, 0.5) is 0 Å². The van der Waals surface area contributed by atoms with Crippen LogP contribution in [0, 0.1) is 0 Å². The lowest BCUT2D eigenvalue weighted by Crippen LogP contribution is -2.17. The fraction of sp³-hybridized carbons (Fsp3) is 0.316. The van der Waals surface area contributed by atoms with Gasteiger partial charge < -0.3 is 24.1 Å². The zero-order chi connectivity index (χ0) is 17.8. The summed E-state index contributed by atoms with van der Waals surface area (Å²) in [6.45, 7) is 1.02. The molecule has 0 aliphatic carbocycles. The van der Waals surface area contributed by atoms with Crippen molar-refractivity contribution >= 4 is 5.97 Å². The van der Waals surface area contributed by atoms with Gasteiger partial charge in [-0.3, -0.25) is 4.79 Å². The number of carboxylic acid groups (broad SMARTS) is 1. The lowest BCUT2D eigenvalue weighted by molar-refractivity contribution is -0.138. The van der Waals surface area contributed by atoms with Crippen molar-refractivity contribution in [1.82, 2.24) is 0 Å². The molecule has 0 amide bonds. The summed E-state index contributed by atoms with van der Waals surface area (Å²) in [6, 6.07) is 10.7. The Morgan fingerprint density at radius 3 is 2.44 bits per heavy atom. The van der Waals surface area contributed by atoms with Crippen LogP contribution in [0.25, 0.3) is 0 Å². The molecule has 0 bridgehead atoms. The van der Waals surface area contributed by atoms with Gasteiger partial charge in [0.1, 0.15) is 13.2 Å². The number of rotatable bonds is 6. The monoisotopic (exact) mass is 344 g/mol. The molecule has 132 valence electrons. The van der Waals surface area contributed by atoms with Gasteiger partial charge in [0.2, 0.25) is 0 Å². The summed E-state index contributed by atoms with van der Waals surface area (Å²) in [5.74, 6) is 0.806. The van der Waals surface area contributed by atoms with Crippen molar-refractivity contribution in [3.8, 4) is 23.0 Å². The summed E-state index contributed by atoms with van der Waals surface area (Å²) in [4.78, 5) is 11.8. The molecule has 1 aliphatic rings. The standard InChI is InChI=1S/C19H20O6/c1-22-15-6-4-13(11-17(15)23-2)14(19(20)21)9-12-3-5-16-18(10-12)25-8-7-24-16/h3-6,10-11,14H,7-9H2,1-2H3,(H,20,21). The Morgan fingerprint density at radius 2 is 1.76 bits per heavy atom. The minimum atomic E-state index is -0.901. The zero-order valence-electron chi connectivity index (χ0n) is 14.2. The first-order chi connectivity index (χ1) is 12.1. The number of ether oxygens (including phenoxy) is 4. The zero-order valence-corrected chi connectivity index (χ0v) is 14.2. The molecule has 25 heavy (non-hydrogen) atoms. The van der Waals surface area contributed by atoms with Gasteiger partial charge in [0.25, 0.3) is 0 Å². The summed E-state index contributed by atoms with van der Waals surface area (Å²) in [6.07, 6.45) is 0.335. The molecule has 3 rings (SSSR count). The molecule has 1 aliphatic heterocycles. The molecule has 6 heteroatoms. The van der Waals surface area contributed by atoms with Crippen molar-refractivity contribution in [2.45, 2.75) is 12.3 Å². The quantitative estimate of drug-likeness (QED) is 0.868. The van der Waals surface area contributed by atoms with E-state index in [0.29, 0.717) is 48.2 Å². The average molecular weight is 344 g/mol. The highest BCUT2D eigenvalue weighted by Crippen LogP contribution is 2.35. The molecule has 6 nitrogen and oxygen atoms in total. The first-order valence-corrected chi connectivity index (χ1v) is 7.95. The van der Waals surface area contributed by atoms with Crippen LogP contribution >= 0.6 is 0 Å². The van der Waals surface area contributed by atoms with Crippen molar-refractivity contribution in [1.29, 1.82) is 0 Å². The normalized spacial score (nSPS) is 13.8. The Balaban J connectivity index is 1.88. The van der Waals surface area contributed by atoms with Crippen LogP contribution in [-0.2, 0) is 11.2 Å². The van der Waals surface area contributed by atoms with E-state index < -0.39 is 11.9 Å². The number of benzene rings is 2. The molecule has 0 fully saturated rings. The Hall–Kier alpha value is -2.89. The lowest BCUT2D eigenvalue weighted by Gasteiger charge is -2.20. The third-order valence-corrected chi connectivity index (χ3v) is 4.15. The van der Waals surface area contributed by atoms with Crippen LogP contribution in [0.3, 0.4) is 0 Å². The van der Waals surface area contributed by atoms with Gasteiger partial charge in [-0.2, -0.15) is 0 Å². The fourth-order valence-electron chi connectivity index (χ4n) is 2.87. The minimum Gasteiger partial charge on any atom is -0.493 e. The largest absolute Gasteiger partial charge is 0.493 e. The summed E-state index contributed by atoms with van der Waals surface area (Å²) in [7, 11) is 3.07. The molecule has 0 saturated carbocycles. The highest BCUT2D eigenvalue weighted by Gasteiger charge is 2.23. The molecule has 0 radical (unpaired) electrons. The second kappa shape index (κ2) is 7.34. The van der Waals surface area contributed by atoms with E-state index >= 15 is 0 Å². The molecule has 1 unspecified atom stereocenters. The second-order valence-corrected chi connectivity index (χ2v) is 5.69. The van der Waals surface area contributed by atoms with Gasteiger partial charge in [0.15, 0.2) is 23.0 Å². The number of fused-ring (bicyclic) bond motifs is 1. The smallest absolute Gasteiger partial charge is 0.311 e. The van der Waals surface area contributed by atoms with Gasteiger partial charge in [-0.1, -0.05) is 12.1 Å². The van der Waals surface area contributed by atoms with Gasteiger partial charge in [0.05, 0.1) is 20.1 Å². The predicted octanol–water partition coefficient (Wildman–Crippen LogP) is 2.89. The molecule has 1 atom stereocenters.